The Labute approximate surface area is 210 Å². The molecule has 0 unspecified atom stereocenters. The molecular formula is C26H31N3O5S. The molecule has 0 spiro atoms. The van der Waals surface area contributed by atoms with Gasteiger partial charge in [0.15, 0.2) is 11.5 Å². The first-order chi connectivity index (χ1) is 17.0. The average molecular weight is 498 g/mol. The highest BCUT2D eigenvalue weighted by Crippen LogP contribution is 2.42. The van der Waals surface area contributed by atoms with Gasteiger partial charge >= 0.3 is 0 Å². The number of thioether (sulfide) groups is 1. The number of nitrogens with zero attached hydrogens (tertiary/aromatic N) is 3. The lowest BCUT2D eigenvalue weighted by Gasteiger charge is -2.31. The van der Waals surface area contributed by atoms with E-state index in [0.29, 0.717) is 60.3 Å². The Balaban J connectivity index is 1.54. The highest BCUT2D eigenvalue weighted by Gasteiger charge is 2.28. The summed E-state index contributed by atoms with van der Waals surface area (Å²) in [5, 5.41) is 8.34. The SMILES string of the molecule is CCOc1cc(-c2nnc(S[C@H](C)C(=O)N3CCCc4ccccc43)o2)cc(OCC)c1OCC. The zero-order chi connectivity index (χ0) is 24.8. The van der Waals surface area contributed by atoms with Gasteiger partial charge in [-0.2, -0.15) is 0 Å². The zero-order valence-electron chi connectivity index (χ0n) is 20.6. The molecule has 9 heteroatoms. The molecule has 1 aliphatic rings. The van der Waals surface area contributed by atoms with E-state index in [0.717, 1.165) is 18.5 Å². The first-order valence-corrected chi connectivity index (χ1v) is 12.9. The van der Waals surface area contributed by atoms with Gasteiger partial charge in [-0.1, -0.05) is 30.0 Å². The predicted octanol–water partition coefficient (Wildman–Crippen LogP) is 5.39. The highest BCUT2D eigenvalue weighted by molar-refractivity contribution is 8.00. The van der Waals surface area contributed by atoms with Gasteiger partial charge in [-0.25, -0.2) is 0 Å². The lowest BCUT2D eigenvalue weighted by atomic mass is 10.0. The van der Waals surface area contributed by atoms with Gasteiger partial charge in [-0.05, 0) is 64.3 Å². The number of benzene rings is 2. The van der Waals surface area contributed by atoms with Gasteiger partial charge in [0.25, 0.3) is 5.22 Å². The molecule has 0 bridgehead atoms. The Bertz CT molecular complexity index is 1140. The van der Waals surface area contributed by atoms with Crippen molar-refractivity contribution in [1.82, 2.24) is 10.2 Å². The molecular weight excluding hydrogens is 466 g/mol. The second kappa shape index (κ2) is 11.5. The van der Waals surface area contributed by atoms with Crippen molar-refractivity contribution in [1.29, 1.82) is 0 Å². The summed E-state index contributed by atoms with van der Waals surface area (Å²) >= 11 is 1.26. The summed E-state index contributed by atoms with van der Waals surface area (Å²) in [7, 11) is 0. The second-order valence-corrected chi connectivity index (χ2v) is 9.25. The van der Waals surface area contributed by atoms with Gasteiger partial charge in [0.2, 0.25) is 17.5 Å². The predicted molar refractivity (Wildman–Crippen MR) is 136 cm³/mol. The van der Waals surface area contributed by atoms with E-state index in [1.807, 2.05) is 50.8 Å². The third kappa shape index (κ3) is 5.56. The lowest BCUT2D eigenvalue weighted by molar-refractivity contribution is -0.117. The number of para-hydroxylation sites is 1. The molecule has 2 aromatic carbocycles. The van der Waals surface area contributed by atoms with Crippen LogP contribution in [0.2, 0.25) is 0 Å². The van der Waals surface area contributed by atoms with Crippen molar-refractivity contribution in [3.05, 3.63) is 42.0 Å². The number of anilines is 1. The van der Waals surface area contributed by atoms with Crippen LogP contribution in [-0.4, -0.2) is 47.7 Å². The number of aryl methyl sites for hydroxylation is 1. The summed E-state index contributed by atoms with van der Waals surface area (Å²) in [6, 6.07) is 11.7. The van der Waals surface area contributed by atoms with Crippen molar-refractivity contribution in [3.8, 4) is 28.7 Å². The van der Waals surface area contributed by atoms with Crippen LogP contribution in [0.25, 0.3) is 11.5 Å². The molecule has 8 nitrogen and oxygen atoms in total. The van der Waals surface area contributed by atoms with E-state index in [9.17, 15) is 4.79 Å². The van der Waals surface area contributed by atoms with Crippen LogP contribution in [0.3, 0.4) is 0 Å². The van der Waals surface area contributed by atoms with Crippen LogP contribution in [0.15, 0.2) is 46.0 Å². The van der Waals surface area contributed by atoms with Gasteiger partial charge in [0.1, 0.15) is 0 Å². The van der Waals surface area contributed by atoms with E-state index >= 15 is 0 Å². The number of rotatable bonds is 10. The summed E-state index contributed by atoms with van der Waals surface area (Å²) in [4.78, 5) is 15.1. The molecule has 0 aliphatic carbocycles. The first kappa shape index (κ1) is 24.9. The van der Waals surface area contributed by atoms with E-state index in [-0.39, 0.29) is 11.2 Å². The van der Waals surface area contributed by atoms with Crippen molar-refractivity contribution in [2.75, 3.05) is 31.3 Å². The number of fused-ring (bicyclic) bond motifs is 1. The summed E-state index contributed by atoms with van der Waals surface area (Å²) < 4.78 is 23.3. The van der Waals surface area contributed by atoms with Crippen molar-refractivity contribution < 1.29 is 23.4 Å². The minimum Gasteiger partial charge on any atom is -0.490 e. The van der Waals surface area contributed by atoms with Crippen LogP contribution in [0.5, 0.6) is 17.2 Å². The molecule has 1 aromatic heterocycles. The Morgan fingerprint density at radius 1 is 1.06 bits per heavy atom. The van der Waals surface area contributed by atoms with Crippen LogP contribution < -0.4 is 19.1 Å². The summed E-state index contributed by atoms with van der Waals surface area (Å²) in [6.45, 7) is 9.72. The molecule has 0 radical (unpaired) electrons. The summed E-state index contributed by atoms with van der Waals surface area (Å²) in [5.41, 5.74) is 2.85. The van der Waals surface area contributed by atoms with E-state index in [2.05, 4.69) is 16.3 Å². The maximum Gasteiger partial charge on any atom is 0.277 e. The molecule has 1 aliphatic heterocycles. The van der Waals surface area contributed by atoms with Crippen LogP contribution in [-0.2, 0) is 11.2 Å². The fourth-order valence-corrected chi connectivity index (χ4v) is 4.82. The average Bonchev–Trinajstić information content (AvgIpc) is 3.33. The Hall–Kier alpha value is -3.20. The van der Waals surface area contributed by atoms with Crippen LogP contribution in [0, 0.1) is 0 Å². The maximum absolute atomic E-state index is 13.2. The van der Waals surface area contributed by atoms with Gasteiger partial charge in [0.05, 0.1) is 25.1 Å². The molecule has 3 aromatic rings. The van der Waals surface area contributed by atoms with Crippen LogP contribution in [0.1, 0.15) is 39.7 Å². The third-order valence-corrected chi connectivity index (χ3v) is 6.49. The van der Waals surface area contributed by atoms with Crippen molar-refractivity contribution in [2.45, 2.75) is 51.0 Å². The fraction of sp³-hybridized carbons (Fsp3) is 0.423. The van der Waals surface area contributed by atoms with Gasteiger partial charge in [-0.3, -0.25) is 4.79 Å². The quantitative estimate of drug-likeness (QED) is 0.345. The summed E-state index contributed by atoms with van der Waals surface area (Å²) in [5.74, 6) is 2.00. The number of amides is 1. The number of hydrogen-bond donors (Lipinski definition) is 0. The minimum absolute atomic E-state index is 0.0280. The molecule has 0 N–H and O–H groups in total. The smallest absolute Gasteiger partial charge is 0.277 e. The Morgan fingerprint density at radius 3 is 2.43 bits per heavy atom. The number of aromatic nitrogens is 2. The second-order valence-electron chi connectivity index (χ2n) is 7.96. The maximum atomic E-state index is 13.2. The molecule has 4 rings (SSSR count). The number of carbonyl (C=O) groups is 1. The third-order valence-electron chi connectivity index (χ3n) is 5.56. The molecule has 0 saturated carbocycles. The number of hydrogen-bond acceptors (Lipinski definition) is 8. The first-order valence-electron chi connectivity index (χ1n) is 12.0. The molecule has 2 heterocycles. The largest absolute Gasteiger partial charge is 0.490 e. The summed E-state index contributed by atoms with van der Waals surface area (Å²) in [6.07, 6.45) is 1.94. The van der Waals surface area contributed by atoms with E-state index in [1.54, 1.807) is 12.1 Å². The van der Waals surface area contributed by atoms with Crippen molar-refractivity contribution in [2.24, 2.45) is 0 Å². The number of carbonyl (C=O) groups excluding carboxylic acids is 1. The Morgan fingerprint density at radius 2 is 1.74 bits per heavy atom. The zero-order valence-corrected chi connectivity index (χ0v) is 21.4. The highest BCUT2D eigenvalue weighted by atomic mass is 32.2. The standard InChI is InChI=1S/C26H31N3O5S/c1-5-31-21-15-19(16-22(32-6-2)23(21)33-7-3)24-27-28-26(34-24)35-17(4)25(30)29-14-10-12-18-11-8-9-13-20(18)29/h8-9,11,13,15-17H,5-7,10,12,14H2,1-4H3/t17-/m1/s1. The van der Waals surface area contributed by atoms with Gasteiger partial charge in [0, 0.05) is 17.8 Å². The molecule has 0 fully saturated rings. The van der Waals surface area contributed by atoms with E-state index in [4.69, 9.17) is 18.6 Å². The van der Waals surface area contributed by atoms with Crippen LogP contribution in [0.4, 0.5) is 5.69 Å². The molecule has 1 amide bonds. The monoisotopic (exact) mass is 497 g/mol. The molecule has 186 valence electrons. The van der Waals surface area contributed by atoms with Crippen molar-refractivity contribution >= 4 is 23.4 Å². The van der Waals surface area contributed by atoms with Crippen molar-refractivity contribution in [3.63, 3.8) is 0 Å². The Kier molecular flexibility index (Phi) is 8.17. The minimum atomic E-state index is -0.382. The molecule has 1 atom stereocenters. The van der Waals surface area contributed by atoms with Gasteiger partial charge < -0.3 is 23.5 Å². The fourth-order valence-electron chi connectivity index (χ4n) is 4.07. The van der Waals surface area contributed by atoms with E-state index in [1.165, 1.54) is 17.3 Å². The lowest BCUT2D eigenvalue weighted by Crippen LogP contribution is -2.40. The van der Waals surface area contributed by atoms with Crippen LogP contribution >= 0.6 is 11.8 Å². The topological polar surface area (TPSA) is 86.9 Å². The molecule has 0 saturated heterocycles. The molecule has 35 heavy (non-hydrogen) atoms. The van der Waals surface area contributed by atoms with E-state index < -0.39 is 0 Å². The normalized spacial score (nSPS) is 13.8. The number of ether oxygens (including phenoxy) is 3. The van der Waals surface area contributed by atoms with Gasteiger partial charge in [-0.15, -0.1) is 10.2 Å².